The van der Waals surface area contributed by atoms with Crippen molar-refractivity contribution in [1.82, 2.24) is 5.32 Å². The Morgan fingerprint density at radius 2 is 1.70 bits per heavy atom. The topological polar surface area (TPSA) is 72.0 Å². The molecule has 0 radical (unpaired) electrons. The van der Waals surface area contributed by atoms with Crippen molar-refractivity contribution < 1.29 is 36.2 Å². The van der Waals surface area contributed by atoms with Gasteiger partial charge < -0.3 is 14.8 Å². The van der Waals surface area contributed by atoms with E-state index in [-0.39, 0.29) is 13.2 Å². The van der Waals surface area contributed by atoms with Crippen molar-refractivity contribution in [2.24, 2.45) is 16.9 Å². The Morgan fingerprint density at radius 3 is 2.22 bits per heavy atom. The fourth-order valence-electron chi connectivity index (χ4n) is 6.01. The second kappa shape index (κ2) is 23.5. The third-order valence-electron chi connectivity index (χ3n) is 8.68. The molecule has 11 heteroatoms. The quantitative estimate of drug-likeness (QED) is 0.0699. The lowest BCUT2D eigenvalue weighted by Gasteiger charge is -2.24. The van der Waals surface area contributed by atoms with Crippen LogP contribution >= 0.6 is 0 Å². The van der Waals surface area contributed by atoms with Gasteiger partial charge in [-0.2, -0.15) is 27.1 Å². The van der Waals surface area contributed by atoms with Gasteiger partial charge in [-0.3, -0.25) is 10.2 Å². The minimum Gasteiger partial charge on any atom is -0.496 e. The first-order valence-electron chi connectivity index (χ1n) is 18.2. The molecule has 4 rings (SSSR count). The normalized spacial score (nSPS) is 18.2. The number of hydrogen-bond acceptors (Lipinski definition) is 6. The smallest absolute Gasteiger partial charge is 0.496 e. The average Bonchev–Trinajstić information content (AvgIpc) is 3.11. The molecular weight excluding hydrogens is 701 g/mol. The Hall–Kier alpha value is -4.25. The minimum absolute atomic E-state index is 0. The van der Waals surface area contributed by atoms with Gasteiger partial charge >= 0.3 is 12.3 Å². The van der Waals surface area contributed by atoms with Crippen LogP contribution in [0.1, 0.15) is 104 Å². The Morgan fingerprint density at radius 1 is 1.04 bits per heavy atom. The van der Waals surface area contributed by atoms with E-state index >= 15 is 0 Å². The number of anilines is 1. The van der Waals surface area contributed by atoms with Gasteiger partial charge in [-0.05, 0) is 129 Å². The first kappa shape index (κ1) is 47.8. The lowest BCUT2D eigenvalue weighted by molar-refractivity contribution is -0.360. The number of hydrazone groups is 1. The van der Waals surface area contributed by atoms with Crippen LogP contribution in [0, 0.1) is 11.8 Å². The number of Topliss-reactive ketones (excluding diaryl/α,β-unsaturated/α-hetero) is 1. The number of rotatable bonds is 13. The zero-order valence-electron chi connectivity index (χ0n) is 31.9. The van der Waals surface area contributed by atoms with Crippen LogP contribution in [0.25, 0.3) is 6.08 Å². The van der Waals surface area contributed by atoms with Crippen LogP contribution in [0.2, 0.25) is 0 Å². The number of nitrogens with one attached hydrogen (secondary N) is 2. The number of alkyl halides is 5. The van der Waals surface area contributed by atoms with E-state index in [1.165, 1.54) is 24.1 Å². The summed E-state index contributed by atoms with van der Waals surface area (Å²) in [6.07, 6.45) is 4.32. The molecule has 6 nitrogen and oxygen atoms in total. The van der Waals surface area contributed by atoms with Crippen LogP contribution < -0.4 is 20.2 Å². The van der Waals surface area contributed by atoms with E-state index in [0.29, 0.717) is 35.6 Å². The highest BCUT2D eigenvalue weighted by molar-refractivity contribution is 6.08. The van der Waals surface area contributed by atoms with E-state index in [1.807, 2.05) is 25.3 Å². The second-order valence-electron chi connectivity index (χ2n) is 13.3. The summed E-state index contributed by atoms with van der Waals surface area (Å²) in [5.74, 6) is 1.77. The number of halogens is 5. The number of nitrogens with zero attached hydrogens (tertiary/aromatic N) is 1. The van der Waals surface area contributed by atoms with Crippen molar-refractivity contribution in [2.75, 3.05) is 26.1 Å². The number of hydrogen-bond donors (Lipinski definition) is 2. The number of methoxy groups -OCH3 is 1. The minimum atomic E-state index is -5.78. The van der Waals surface area contributed by atoms with E-state index in [1.54, 1.807) is 13.2 Å². The van der Waals surface area contributed by atoms with Gasteiger partial charge in [-0.1, -0.05) is 72.4 Å². The Bertz CT molecular complexity index is 1560. The molecule has 0 heterocycles. The van der Waals surface area contributed by atoms with Gasteiger partial charge in [-0.25, -0.2) is 0 Å². The highest BCUT2D eigenvalue weighted by Gasteiger charge is 2.61. The van der Waals surface area contributed by atoms with Crippen molar-refractivity contribution >= 4 is 23.3 Å². The average molecular weight is 762 g/mol. The number of carbonyl (C=O) groups excluding carboxylic acids is 1. The van der Waals surface area contributed by atoms with Gasteiger partial charge in [0.2, 0.25) is 0 Å². The number of allylic oxidation sites excluding steroid dienone is 5. The van der Waals surface area contributed by atoms with Crippen LogP contribution in [-0.4, -0.2) is 44.5 Å². The van der Waals surface area contributed by atoms with Gasteiger partial charge in [0, 0.05) is 12.0 Å². The SMILES string of the molecule is C.C=C/C(=N\Nc1ccc(OC(F)(F)C(F)(F)F)cc1)C1=CCC(CNC)CC1.C=CC[C@H]1CCCC(=O)/C1=C/c1c(OC)cccc1C(C)C.CCC. The molecule has 0 bridgehead atoms. The standard InChI is InChI=1S/C20H26O2.C19H22F5N3O.C3H8.CH4/c1-5-8-15-9-6-11-19(21)17(15)13-18-16(14(2)3)10-7-12-20(18)22-4;1-3-17(14-6-4-13(5-7-14)12-25-2)27-26-15-8-10-16(11-9-15)28-19(23,24)18(20,21)22;1-3-2;/h5,7,10,12-15H,1,6,8-9,11H2,2-4H3;3,6,8-11,13,25-26H,1,4-5,7,12H2,2H3;3H2,1-2H3;1H4/b17-13+;27-17+;;/t15-;;;/m0.../s1. The molecule has 0 saturated heterocycles. The molecule has 2 aliphatic rings. The Kier molecular flexibility index (Phi) is 20.8. The van der Waals surface area contributed by atoms with Crippen LogP contribution in [0.5, 0.6) is 11.5 Å². The van der Waals surface area contributed by atoms with Crippen LogP contribution in [-0.2, 0) is 4.79 Å². The van der Waals surface area contributed by atoms with Crippen molar-refractivity contribution in [1.29, 1.82) is 0 Å². The third-order valence-corrected chi connectivity index (χ3v) is 8.68. The molecular formula is C43H60F5N3O3. The van der Waals surface area contributed by atoms with Gasteiger partial charge in [0.15, 0.2) is 5.78 Å². The van der Waals surface area contributed by atoms with Gasteiger partial charge in [0.25, 0.3) is 0 Å². The summed E-state index contributed by atoms with van der Waals surface area (Å²) < 4.78 is 71.6. The monoisotopic (exact) mass is 761 g/mol. The Labute approximate surface area is 319 Å². The van der Waals surface area contributed by atoms with E-state index in [2.05, 4.69) is 79.7 Å². The predicted molar refractivity (Wildman–Crippen MR) is 214 cm³/mol. The molecule has 2 aliphatic carbocycles. The van der Waals surface area contributed by atoms with Crippen LogP contribution in [0.15, 0.2) is 90.1 Å². The summed E-state index contributed by atoms with van der Waals surface area (Å²) in [5, 5.41) is 7.40. The van der Waals surface area contributed by atoms with Gasteiger partial charge in [0.1, 0.15) is 11.5 Å². The molecule has 0 amide bonds. The molecule has 1 saturated carbocycles. The first-order valence-corrected chi connectivity index (χ1v) is 18.2. The predicted octanol–water partition coefficient (Wildman–Crippen LogP) is 12.3. The molecule has 54 heavy (non-hydrogen) atoms. The summed E-state index contributed by atoms with van der Waals surface area (Å²) in [5.41, 5.74) is 8.09. The maximum absolute atomic E-state index is 12.9. The zero-order chi connectivity index (χ0) is 39.6. The molecule has 1 unspecified atom stereocenters. The van der Waals surface area contributed by atoms with E-state index < -0.39 is 18.0 Å². The molecule has 1 fully saturated rings. The van der Waals surface area contributed by atoms with Gasteiger partial charge in [0.05, 0.1) is 18.5 Å². The molecule has 0 aliphatic heterocycles. The maximum Gasteiger partial charge on any atom is 0.499 e. The van der Waals surface area contributed by atoms with Crippen LogP contribution in [0.4, 0.5) is 27.6 Å². The lowest BCUT2D eigenvalue weighted by Crippen LogP contribution is -2.41. The number of ether oxygens (including phenoxy) is 2. The third kappa shape index (κ3) is 14.5. The molecule has 2 atom stereocenters. The highest BCUT2D eigenvalue weighted by Crippen LogP contribution is 2.38. The number of benzene rings is 2. The van der Waals surface area contributed by atoms with Crippen molar-refractivity contribution in [3.63, 3.8) is 0 Å². The van der Waals surface area contributed by atoms with Crippen molar-refractivity contribution in [3.8, 4) is 11.5 Å². The highest BCUT2D eigenvalue weighted by atomic mass is 19.4. The summed E-state index contributed by atoms with van der Waals surface area (Å²) >= 11 is 0. The molecule has 2 aromatic carbocycles. The summed E-state index contributed by atoms with van der Waals surface area (Å²) in [4.78, 5) is 12.4. The Balaban J connectivity index is 0.000000506. The summed E-state index contributed by atoms with van der Waals surface area (Å²) in [6, 6.07) is 10.7. The van der Waals surface area contributed by atoms with Gasteiger partial charge in [-0.15, -0.1) is 6.58 Å². The first-order chi connectivity index (χ1) is 25.2. The van der Waals surface area contributed by atoms with E-state index in [4.69, 9.17) is 4.74 Å². The van der Waals surface area contributed by atoms with Crippen LogP contribution in [0.3, 0.4) is 0 Å². The molecule has 2 aromatic rings. The second-order valence-corrected chi connectivity index (χ2v) is 13.3. The van der Waals surface area contributed by atoms with E-state index in [0.717, 1.165) is 79.7 Å². The fraction of sp³-hybridized carbons (Fsp3) is 0.488. The number of ketones is 1. The summed E-state index contributed by atoms with van der Waals surface area (Å²) in [6.45, 7) is 17.1. The maximum atomic E-state index is 12.9. The molecule has 2 N–H and O–H groups in total. The largest absolute Gasteiger partial charge is 0.499 e. The fourth-order valence-corrected chi connectivity index (χ4v) is 6.01. The molecule has 300 valence electrons. The molecule has 0 spiro atoms. The molecule has 0 aromatic heterocycles. The number of carbonyl (C=O) groups is 1. The zero-order valence-corrected chi connectivity index (χ0v) is 31.9. The summed E-state index contributed by atoms with van der Waals surface area (Å²) in [7, 11) is 3.60. The van der Waals surface area contributed by atoms with E-state index in [9.17, 15) is 26.7 Å². The van der Waals surface area contributed by atoms with Crippen molar-refractivity contribution in [3.05, 3.63) is 96.1 Å². The van der Waals surface area contributed by atoms with Crippen molar-refractivity contribution in [2.45, 2.75) is 105 Å². The lowest BCUT2D eigenvalue weighted by atomic mass is 9.80.